The highest BCUT2D eigenvalue weighted by molar-refractivity contribution is 9.10. The third-order valence-corrected chi connectivity index (χ3v) is 6.15. The van der Waals surface area contributed by atoms with E-state index < -0.39 is 4.92 Å². The second kappa shape index (κ2) is 9.67. The number of para-hydroxylation sites is 2. The van der Waals surface area contributed by atoms with Crippen molar-refractivity contribution in [2.45, 2.75) is 4.34 Å². The minimum Gasteiger partial charge on any atom is -0.495 e. The molecule has 1 heterocycles. The number of amides is 1. The van der Waals surface area contributed by atoms with Crippen molar-refractivity contribution in [1.29, 1.82) is 0 Å². The van der Waals surface area contributed by atoms with E-state index in [2.05, 4.69) is 36.8 Å². The maximum absolute atomic E-state index is 12.2. The smallest absolute Gasteiger partial charge is 0.270 e. The van der Waals surface area contributed by atoms with Gasteiger partial charge in [0.15, 0.2) is 4.34 Å². The first kappa shape index (κ1) is 21.0. The highest BCUT2D eigenvalue weighted by Gasteiger charge is 2.13. The number of carbonyl (C=O) groups is 1. The van der Waals surface area contributed by atoms with Crippen LogP contribution < -0.4 is 15.4 Å². The summed E-state index contributed by atoms with van der Waals surface area (Å²) in [5.41, 5.74) is 1.16. The number of hydrogen-bond acceptors (Lipinski definition) is 9. The number of thioether (sulfide) groups is 1. The van der Waals surface area contributed by atoms with E-state index in [1.807, 2.05) is 24.3 Å². The average Bonchev–Trinajstić information content (AvgIpc) is 3.15. The van der Waals surface area contributed by atoms with Gasteiger partial charge in [-0.2, -0.15) is 0 Å². The monoisotopic (exact) mass is 495 g/mol. The molecule has 2 N–H and O–H groups in total. The average molecular weight is 496 g/mol. The topological polar surface area (TPSA) is 119 Å². The van der Waals surface area contributed by atoms with Gasteiger partial charge in [-0.05, 0) is 34.1 Å². The van der Waals surface area contributed by atoms with Crippen molar-refractivity contribution in [3.63, 3.8) is 0 Å². The van der Waals surface area contributed by atoms with Crippen molar-refractivity contribution in [2.24, 2.45) is 0 Å². The molecule has 0 fully saturated rings. The number of anilines is 3. The van der Waals surface area contributed by atoms with E-state index in [1.165, 1.54) is 41.3 Å². The number of nitro groups is 1. The molecule has 0 radical (unpaired) electrons. The number of nitrogens with one attached hydrogen (secondary N) is 2. The fourth-order valence-corrected chi connectivity index (χ4v) is 4.24. The van der Waals surface area contributed by atoms with Crippen molar-refractivity contribution < 1.29 is 14.5 Å². The van der Waals surface area contributed by atoms with Crippen molar-refractivity contribution in [1.82, 2.24) is 10.2 Å². The summed E-state index contributed by atoms with van der Waals surface area (Å²) in [4.78, 5) is 22.4. The van der Waals surface area contributed by atoms with Gasteiger partial charge >= 0.3 is 0 Å². The van der Waals surface area contributed by atoms with E-state index in [1.54, 1.807) is 7.11 Å². The van der Waals surface area contributed by atoms with Crippen molar-refractivity contribution in [3.8, 4) is 5.75 Å². The normalized spacial score (nSPS) is 10.4. The molecule has 0 bridgehead atoms. The third kappa shape index (κ3) is 5.65. The van der Waals surface area contributed by atoms with E-state index in [4.69, 9.17) is 4.74 Å². The molecule has 0 saturated heterocycles. The van der Waals surface area contributed by atoms with Crippen LogP contribution >= 0.6 is 39.0 Å². The number of aromatic nitrogens is 2. The Morgan fingerprint density at radius 2 is 2.07 bits per heavy atom. The predicted octanol–water partition coefficient (Wildman–Crippen LogP) is 4.69. The fraction of sp³-hybridized carbons (Fsp3) is 0.118. The van der Waals surface area contributed by atoms with E-state index in [0.29, 0.717) is 25.4 Å². The molecule has 0 aliphatic rings. The van der Waals surface area contributed by atoms with Gasteiger partial charge in [-0.25, -0.2) is 0 Å². The number of methoxy groups -OCH3 is 1. The maximum atomic E-state index is 12.2. The van der Waals surface area contributed by atoms with Crippen LogP contribution in [-0.4, -0.2) is 33.9 Å². The number of halogens is 1. The van der Waals surface area contributed by atoms with Gasteiger partial charge in [0.2, 0.25) is 11.0 Å². The molecular formula is C17H14BrN5O4S2. The first-order chi connectivity index (χ1) is 14.0. The first-order valence-electron chi connectivity index (χ1n) is 8.06. The second-order valence-electron chi connectivity index (χ2n) is 5.46. The number of hydrogen-bond donors (Lipinski definition) is 2. The molecular weight excluding hydrogens is 482 g/mol. The molecule has 9 nitrogen and oxygen atoms in total. The number of benzene rings is 2. The van der Waals surface area contributed by atoms with Gasteiger partial charge in [0.1, 0.15) is 5.75 Å². The lowest BCUT2D eigenvalue weighted by atomic mass is 10.3. The van der Waals surface area contributed by atoms with Crippen LogP contribution in [0.5, 0.6) is 5.75 Å². The number of nitrogens with zero attached hydrogens (tertiary/aromatic N) is 3. The summed E-state index contributed by atoms with van der Waals surface area (Å²) in [6.07, 6.45) is 0. The quantitative estimate of drug-likeness (QED) is 0.262. The summed E-state index contributed by atoms with van der Waals surface area (Å²) < 4.78 is 6.34. The molecule has 1 amide bonds. The van der Waals surface area contributed by atoms with E-state index in [-0.39, 0.29) is 17.3 Å². The summed E-state index contributed by atoms with van der Waals surface area (Å²) in [6, 6.07) is 11.6. The zero-order chi connectivity index (χ0) is 20.8. The van der Waals surface area contributed by atoms with Crippen LogP contribution in [0.2, 0.25) is 0 Å². The molecule has 0 aliphatic carbocycles. The van der Waals surface area contributed by atoms with Crippen LogP contribution in [0.15, 0.2) is 51.3 Å². The lowest BCUT2D eigenvalue weighted by molar-refractivity contribution is -0.384. The number of rotatable bonds is 8. The minimum absolute atomic E-state index is 0.0619. The van der Waals surface area contributed by atoms with E-state index >= 15 is 0 Å². The number of ether oxygens (including phenoxy) is 1. The Balaban J connectivity index is 1.55. The van der Waals surface area contributed by atoms with Gasteiger partial charge in [0.05, 0.1) is 29.2 Å². The largest absolute Gasteiger partial charge is 0.495 e. The maximum Gasteiger partial charge on any atom is 0.270 e. The standard InChI is InChI=1S/C17H14BrN5O4S2/c1-27-14-5-3-2-4-13(14)20-16-21-22-17(29-16)28-9-15(24)19-12-7-6-10(23(25)26)8-11(12)18/h2-8H,9H2,1H3,(H,19,24)(H,20,21). The molecule has 3 rings (SSSR count). The molecule has 0 atom stereocenters. The number of nitro benzene ring substituents is 1. The van der Waals surface area contributed by atoms with Gasteiger partial charge in [-0.3, -0.25) is 14.9 Å². The van der Waals surface area contributed by atoms with Crippen LogP contribution in [0.4, 0.5) is 22.2 Å². The highest BCUT2D eigenvalue weighted by Crippen LogP contribution is 2.32. The predicted molar refractivity (Wildman–Crippen MR) is 116 cm³/mol. The summed E-state index contributed by atoms with van der Waals surface area (Å²) >= 11 is 5.78. The third-order valence-electron chi connectivity index (χ3n) is 3.52. The van der Waals surface area contributed by atoms with Crippen LogP contribution in [0.25, 0.3) is 0 Å². The summed E-state index contributed by atoms with van der Waals surface area (Å²) in [7, 11) is 1.59. The molecule has 0 spiro atoms. The number of non-ortho nitro benzene ring substituents is 1. The lowest BCUT2D eigenvalue weighted by Crippen LogP contribution is -2.14. The van der Waals surface area contributed by atoms with Crippen LogP contribution in [0, 0.1) is 10.1 Å². The van der Waals surface area contributed by atoms with Crippen molar-refractivity contribution in [3.05, 3.63) is 57.1 Å². The van der Waals surface area contributed by atoms with Crippen LogP contribution in [0.3, 0.4) is 0 Å². The molecule has 0 aliphatic heterocycles. The summed E-state index contributed by atoms with van der Waals surface area (Å²) in [5, 5.41) is 25.3. The molecule has 29 heavy (non-hydrogen) atoms. The summed E-state index contributed by atoms with van der Waals surface area (Å²) in [6.45, 7) is 0. The molecule has 0 unspecified atom stereocenters. The molecule has 0 saturated carbocycles. The summed E-state index contributed by atoms with van der Waals surface area (Å²) in [5.74, 6) is 0.538. The van der Waals surface area contributed by atoms with Gasteiger partial charge in [-0.1, -0.05) is 35.2 Å². The first-order valence-corrected chi connectivity index (χ1v) is 10.7. The Morgan fingerprint density at radius 1 is 1.28 bits per heavy atom. The van der Waals surface area contributed by atoms with Gasteiger partial charge < -0.3 is 15.4 Å². The molecule has 12 heteroatoms. The zero-order valence-corrected chi connectivity index (χ0v) is 18.1. The SMILES string of the molecule is COc1ccccc1Nc1nnc(SCC(=O)Nc2ccc([N+](=O)[O-])cc2Br)s1. The minimum atomic E-state index is -0.502. The Bertz CT molecular complexity index is 1050. The lowest BCUT2D eigenvalue weighted by Gasteiger charge is -2.07. The fourth-order valence-electron chi connectivity index (χ4n) is 2.21. The van der Waals surface area contributed by atoms with Gasteiger partial charge in [0, 0.05) is 16.6 Å². The Morgan fingerprint density at radius 3 is 2.79 bits per heavy atom. The molecule has 150 valence electrons. The Kier molecular flexibility index (Phi) is 7.01. The van der Waals surface area contributed by atoms with E-state index in [9.17, 15) is 14.9 Å². The number of carbonyl (C=O) groups excluding carboxylic acids is 1. The zero-order valence-electron chi connectivity index (χ0n) is 14.9. The molecule has 1 aromatic heterocycles. The molecule has 3 aromatic rings. The molecule has 2 aromatic carbocycles. The van der Waals surface area contributed by atoms with Gasteiger partial charge in [-0.15, -0.1) is 10.2 Å². The van der Waals surface area contributed by atoms with Crippen molar-refractivity contribution >= 4 is 67.1 Å². The highest BCUT2D eigenvalue weighted by atomic mass is 79.9. The van der Waals surface area contributed by atoms with E-state index in [0.717, 1.165) is 5.69 Å². The Labute approximate surface area is 182 Å². The van der Waals surface area contributed by atoms with Crippen LogP contribution in [-0.2, 0) is 4.79 Å². The van der Waals surface area contributed by atoms with Crippen LogP contribution in [0.1, 0.15) is 0 Å². The van der Waals surface area contributed by atoms with Gasteiger partial charge in [0.25, 0.3) is 5.69 Å². The van der Waals surface area contributed by atoms with Crippen molar-refractivity contribution in [2.75, 3.05) is 23.5 Å². The Hall–Kier alpha value is -2.70. The second-order valence-corrected chi connectivity index (χ2v) is 8.51.